The van der Waals surface area contributed by atoms with E-state index in [-0.39, 0.29) is 6.04 Å². The predicted molar refractivity (Wildman–Crippen MR) is 81.8 cm³/mol. The molecule has 19 heavy (non-hydrogen) atoms. The second-order valence-electron chi connectivity index (χ2n) is 4.37. The minimum Gasteiger partial charge on any atom is -0.327 e. The maximum Gasteiger partial charge on any atom is 0.101 e. The maximum atomic E-state index is 6.32. The summed E-state index contributed by atoms with van der Waals surface area (Å²) in [6.45, 7) is 2.10. The number of benzene rings is 1. The summed E-state index contributed by atoms with van der Waals surface area (Å²) in [7, 11) is 0. The Morgan fingerprint density at radius 3 is 2.79 bits per heavy atom. The molecule has 2 nitrogen and oxygen atoms in total. The van der Waals surface area contributed by atoms with E-state index in [1.54, 1.807) is 18.0 Å². The average molecular weight is 293 g/mol. The van der Waals surface area contributed by atoms with Crippen LogP contribution in [0.2, 0.25) is 5.02 Å². The lowest BCUT2D eigenvalue weighted by Gasteiger charge is -2.14. The standard InChI is InChI=1S/C15H17ClN2S/c1-2-12(17)10-11-6-5-7-13(16)15(11)19-14-8-3-4-9-18-14/h3-9,12H,2,10,17H2,1H3. The van der Waals surface area contributed by atoms with E-state index in [4.69, 9.17) is 17.3 Å². The van der Waals surface area contributed by atoms with Crippen molar-refractivity contribution in [3.63, 3.8) is 0 Å². The van der Waals surface area contributed by atoms with E-state index in [9.17, 15) is 0 Å². The van der Waals surface area contributed by atoms with Crippen molar-refractivity contribution in [3.8, 4) is 0 Å². The van der Waals surface area contributed by atoms with E-state index in [2.05, 4.69) is 18.0 Å². The molecule has 1 aromatic carbocycles. The van der Waals surface area contributed by atoms with E-state index in [0.29, 0.717) is 0 Å². The van der Waals surface area contributed by atoms with Gasteiger partial charge in [0, 0.05) is 17.1 Å². The molecule has 1 atom stereocenters. The fraction of sp³-hybridized carbons (Fsp3) is 0.267. The first-order valence-electron chi connectivity index (χ1n) is 6.32. The number of aromatic nitrogens is 1. The van der Waals surface area contributed by atoms with Crippen LogP contribution < -0.4 is 5.73 Å². The summed E-state index contributed by atoms with van der Waals surface area (Å²) in [4.78, 5) is 5.39. The average Bonchev–Trinajstić information content (AvgIpc) is 2.43. The zero-order valence-corrected chi connectivity index (χ0v) is 12.4. The van der Waals surface area contributed by atoms with Gasteiger partial charge in [0.1, 0.15) is 5.03 Å². The molecule has 2 rings (SSSR count). The molecule has 2 aromatic rings. The molecule has 1 unspecified atom stereocenters. The number of nitrogens with two attached hydrogens (primary N) is 1. The summed E-state index contributed by atoms with van der Waals surface area (Å²) in [5, 5.41) is 1.71. The van der Waals surface area contributed by atoms with Crippen LogP contribution in [0.5, 0.6) is 0 Å². The molecule has 0 aliphatic carbocycles. The van der Waals surface area contributed by atoms with Crippen molar-refractivity contribution < 1.29 is 0 Å². The lowest BCUT2D eigenvalue weighted by atomic mass is 10.0. The maximum absolute atomic E-state index is 6.32. The fourth-order valence-corrected chi connectivity index (χ4v) is 2.99. The second kappa shape index (κ2) is 6.94. The van der Waals surface area contributed by atoms with Gasteiger partial charge in [-0.05, 0) is 36.6 Å². The van der Waals surface area contributed by atoms with Crippen LogP contribution in [0.25, 0.3) is 0 Å². The van der Waals surface area contributed by atoms with Gasteiger partial charge in [-0.25, -0.2) is 4.98 Å². The Kier molecular flexibility index (Phi) is 5.25. The molecule has 0 saturated carbocycles. The molecule has 100 valence electrons. The lowest BCUT2D eigenvalue weighted by molar-refractivity contribution is 0.641. The topological polar surface area (TPSA) is 38.9 Å². The molecule has 0 amide bonds. The summed E-state index contributed by atoms with van der Waals surface area (Å²) < 4.78 is 0. The highest BCUT2D eigenvalue weighted by Crippen LogP contribution is 2.35. The molecule has 1 aromatic heterocycles. The highest BCUT2D eigenvalue weighted by Gasteiger charge is 2.11. The Bertz CT molecular complexity index is 531. The fourth-order valence-electron chi connectivity index (χ4n) is 1.77. The van der Waals surface area contributed by atoms with Gasteiger partial charge in [-0.1, -0.05) is 48.5 Å². The minimum absolute atomic E-state index is 0.168. The molecule has 0 radical (unpaired) electrons. The normalized spacial score (nSPS) is 12.4. The zero-order valence-electron chi connectivity index (χ0n) is 10.8. The van der Waals surface area contributed by atoms with Gasteiger partial charge in [0.15, 0.2) is 0 Å². The van der Waals surface area contributed by atoms with Crippen LogP contribution in [0.4, 0.5) is 0 Å². The van der Waals surface area contributed by atoms with Gasteiger partial charge >= 0.3 is 0 Å². The quantitative estimate of drug-likeness (QED) is 0.899. The molecule has 0 aliphatic heterocycles. The molecule has 4 heteroatoms. The molecule has 0 bridgehead atoms. The van der Waals surface area contributed by atoms with Gasteiger partial charge in [-0.15, -0.1) is 0 Å². The Balaban J connectivity index is 2.27. The first-order valence-corrected chi connectivity index (χ1v) is 7.52. The molecule has 0 aliphatic rings. The van der Waals surface area contributed by atoms with E-state index in [0.717, 1.165) is 27.8 Å². The van der Waals surface area contributed by atoms with Crippen molar-refractivity contribution in [2.45, 2.75) is 35.7 Å². The van der Waals surface area contributed by atoms with Crippen LogP contribution >= 0.6 is 23.4 Å². The number of nitrogens with zero attached hydrogens (tertiary/aromatic N) is 1. The van der Waals surface area contributed by atoms with Gasteiger partial charge in [0.05, 0.1) is 5.02 Å². The number of rotatable bonds is 5. The van der Waals surface area contributed by atoms with Gasteiger partial charge < -0.3 is 5.73 Å². The Morgan fingerprint density at radius 2 is 2.11 bits per heavy atom. The first kappa shape index (κ1) is 14.4. The number of hydrogen-bond acceptors (Lipinski definition) is 3. The predicted octanol–water partition coefficient (Wildman–Crippen LogP) is 4.17. The number of halogens is 1. The summed E-state index contributed by atoms with van der Waals surface area (Å²) >= 11 is 7.91. The SMILES string of the molecule is CCC(N)Cc1cccc(Cl)c1Sc1ccccn1. The largest absolute Gasteiger partial charge is 0.327 e. The van der Waals surface area contributed by atoms with Gasteiger partial charge in [-0.3, -0.25) is 0 Å². The molecular weight excluding hydrogens is 276 g/mol. The minimum atomic E-state index is 0.168. The van der Waals surface area contributed by atoms with Crippen LogP contribution in [0.15, 0.2) is 52.5 Å². The van der Waals surface area contributed by atoms with Crippen molar-refractivity contribution in [2.75, 3.05) is 0 Å². The third-order valence-electron chi connectivity index (χ3n) is 2.90. The Labute approximate surface area is 123 Å². The van der Waals surface area contributed by atoms with Crippen LogP contribution in [-0.4, -0.2) is 11.0 Å². The highest BCUT2D eigenvalue weighted by atomic mass is 35.5. The van der Waals surface area contributed by atoms with Crippen LogP contribution in [0.1, 0.15) is 18.9 Å². The van der Waals surface area contributed by atoms with Crippen LogP contribution in [0.3, 0.4) is 0 Å². The third kappa shape index (κ3) is 3.96. The highest BCUT2D eigenvalue weighted by molar-refractivity contribution is 7.99. The van der Waals surface area contributed by atoms with Crippen LogP contribution in [-0.2, 0) is 6.42 Å². The van der Waals surface area contributed by atoms with Gasteiger partial charge in [0.2, 0.25) is 0 Å². The summed E-state index contributed by atoms with van der Waals surface area (Å²) in [6.07, 6.45) is 3.59. The third-order valence-corrected chi connectivity index (χ3v) is 4.46. The van der Waals surface area contributed by atoms with E-state index in [1.165, 1.54) is 5.56 Å². The van der Waals surface area contributed by atoms with Crippen molar-refractivity contribution in [1.82, 2.24) is 4.98 Å². The summed E-state index contributed by atoms with van der Waals surface area (Å²) in [6, 6.07) is 12.0. The zero-order chi connectivity index (χ0) is 13.7. The van der Waals surface area contributed by atoms with Crippen LogP contribution in [0, 0.1) is 0 Å². The Hall–Kier alpha value is -1.03. The molecule has 2 N–H and O–H groups in total. The van der Waals surface area contributed by atoms with Crippen molar-refractivity contribution >= 4 is 23.4 Å². The first-order chi connectivity index (χ1) is 9.20. The van der Waals surface area contributed by atoms with Gasteiger partial charge in [-0.2, -0.15) is 0 Å². The smallest absolute Gasteiger partial charge is 0.101 e. The molecule has 0 spiro atoms. The second-order valence-corrected chi connectivity index (χ2v) is 5.81. The molecule has 1 heterocycles. The van der Waals surface area contributed by atoms with Crippen molar-refractivity contribution in [2.24, 2.45) is 5.73 Å². The van der Waals surface area contributed by atoms with Crippen molar-refractivity contribution in [1.29, 1.82) is 0 Å². The summed E-state index contributed by atoms with van der Waals surface area (Å²) in [5.74, 6) is 0. The number of hydrogen-bond donors (Lipinski definition) is 1. The molecule has 0 fully saturated rings. The van der Waals surface area contributed by atoms with E-state index < -0.39 is 0 Å². The monoisotopic (exact) mass is 292 g/mol. The molecular formula is C15H17ClN2S. The van der Waals surface area contributed by atoms with Crippen molar-refractivity contribution in [3.05, 3.63) is 53.2 Å². The van der Waals surface area contributed by atoms with E-state index in [1.807, 2.05) is 30.3 Å². The van der Waals surface area contributed by atoms with Gasteiger partial charge in [0.25, 0.3) is 0 Å². The summed E-state index contributed by atoms with van der Waals surface area (Å²) in [5.41, 5.74) is 7.24. The number of pyridine rings is 1. The van der Waals surface area contributed by atoms with E-state index >= 15 is 0 Å². The Morgan fingerprint density at radius 1 is 1.26 bits per heavy atom. The molecule has 0 saturated heterocycles. The lowest BCUT2D eigenvalue weighted by Crippen LogP contribution is -2.21.